The Morgan fingerprint density at radius 1 is 1.44 bits per heavy atom. The first-order valence-corrected chi connectivity index (χ1v) is 5.70. The second kappa shape index (κ2) is 5.08. The van der Waals surface area contributed by atoms with Gasteiger partial charge in [0.05, 0.1) is 6.54 Å². The van der Waals surface area contributed by atoms with Gasteiger partial charge in [-0.05, 0) is 42.3 Å². The van der Waals surface area contributed by atoms with Crippen LogP contribution >= 0.6 is 0 Å². The molecule has 2 rings (SSSR count). The number of piperidine rings is 1. The molecule has 0 saturated carbocycles. The third kappa shape index (κ3) is 2.58. The molecule has 0 aliphatic carbocycles. The van der Waals surface area contributed by atoms with Crippen LogP contribution in [0.1, 0.15) is 25.6 Å². The van der Waals surface area contributed by atoms with E-state index in [0.29, 0.717) is 6.54 Å². The van der Waals surface area contributed by atoms with Gasteiger partial charge in [-0.15, -0.1) is 11.5 Å². The number of tetrazole rings is 1. The minimum Gasteiger partial charge on any atom is -0.296 e. The largest absolute Gasteiger partial charge is 0.296 e. The molecule has 1 saturated heterocycles. The van der Waals surface area contributed by atoms with E-state index in [1.165, 1.54) is 12.8 Å². The van der Waals surface area contributed by atoms with Crippen molar-refractivity contribution in [2.24, 2.45) is 5.92 Å². The van der Waals surface area contributed by atoms with Crippen LogP contribution in [0.2, 0.25) is 0 Å². The second-order valence-corrected chi connectivity index (χ2v) is 4.42. The highest BCUT2D eigenvalue weighted by Gasteiger charge is 2.17. The van der Waals surface area contributed by atoms with Crippen molar-refractivity contribution in [2.45, 2.75) is 32.9 Å². The molecule has 1 aromatic heterocycles. The SMILES string of the molecule is C#CCn1nnnc1CN1CCC(C)CC1. The predicted octanol–water partition coefficient (Wildman–Crippen LogP) is 0.538. The van der Waals surface area contributed by atoms with Crippen LogP contribution in [0.3, 0.4) is 0 Å². The van der Waals surface area contributed by atoms with Crippen molar-refractivity contribution in [3.8, 4) is 12.3 Å². The smallest absolute Gasteiger partial charge is 0.166 e. The van der Waals surface area contributed by atoms with Crippen molar-refractivity contribution in [3.63, 3.8) is 0 Å². The molecule has 0 atom stereocenters. The van der Waals surface area contributed by atoms with Crippen LogP contribution in [-0.4, -0.2) is 38.2 Å². The first kappa shape index (κ1) is 11.1. The van der Waals surface area contributed by atoms with Gasteiger partial charge in [-0.25, -0.2) is 4.68 Å². The van der Waals surface area contributed by atoms with Crippen molar-refractivity contribution in [1.29, 1.82) is 0 Å². The lowest BCUT2D eigenvalue weighted by Crippen LogP contribution is -2.33. The van der Waals surface area contributed by atoms with Gasteiger partial charge >= 0.3 is 0 Å². The molecular weight excluding hydrogens is 202 g/mol. The van der Waals surface area contributed by atoms with Gasteiger partial charge in [0.2, 0.25) is 0 Å². The van der Waals surface area contributed by atoms with E-state index in [-0.39, 0.29) is 0 Å². The van der Waals surface area contributed by atoms with E-state index in [4.69, 9.17) is 6.42 Å². The molecule has 1 fully saturated rings. The van der Waals surface area contributed by atoms with E-state index in [9.17, 15) is 0 Å². The average molecular weight is 219 g/mol. The fourth-order valence-electron chi connectivity index (χ4n) is 1.97. The predicted molar refractivity (Wildman–Crippen MR) is 60.3 cm³/mol. The summed E-state index contributed by atoms with van der Waals surface area (Å²) in [6.45, 7) is 5.82. The van der Waals surface area contributed by atoms with E-state index < -0.39 is 0 Å². The van der Waals surface area contributed by atoms with Gasteiger partial charge in [-0.3, -0.25) is 4.90 Å². The maximum absolute atomic E-state index is 5.26. The van der Waals surface area contributed by atoms with E-state index in [2.05, 4.69) is 33.3 Å². The van der Waals surface area contributed by atoms with E-state index in [0.717, 1.165) is 31.4 Å². The number of terminal acetylenes is 1. The van der Waals surface area contributed by atoms with Crippen LogP contribution in [0, 0.1) is 18.3 Å². The molecule has 5 heteroatoms. The highest BCUT2D eigenvalue weighted by atomic mass is 15.5. The Bertz CT molecular complexity index is 370. The topological polar surface area (TPSA) is 46.8 Å². The third-order valence-electron chi connectivity index (χ3n) is 3.09. The summed E-state index contributed by atoms with van der Waals surface area (Å²) in [6, 6.07) is 0. The molecule has 0 N–H and O–H groups in total. The first-order valence-electron chi connectivity index (χ1n) is 5.70. The monoisotopic (exact) mass is 219 g/mol. The Kier molecular flexibility index (Phi) is 3.52. The van der Waals surface area contributed by atoms with Crippen LogP contribution < -0.4 is 0 Å². The first-order chi connectivity index (χ1) is 7.79. The van der Waals surface area contributed by atoms with Gasteiger partial charge in [0.1, 0.15) is 6.54 Å². The van der Waals surface area contributed by atoms with Gasteiger partial charge in [-0.2, -0.15) is 0 Å². The molecule has 5 nitrogen and oxygen atoms in total. The van der Waals surface area contributed by atoms with E-state index in [1.54, 1.807) is 4.68 Å². The minimum atomic E-state index is 0.451. The normalized spacial score (nSPS) is 18.5. The van der Waals surface area contributed by atoms with Crippen molar-refractivity contribution in [1.82, 2.24) is 25.1 Å². The van der Waals surface area contributed by atoms with E-state index in [1.807, 2.05) is 0 Å². The zero-order chi connectivity index (χ0) is 11.4. The molecule has 1 aromatic rings. The quantitative estimate of drug-likeness (QED) is 0.696. The van der Waals surface area contributed by atoms with Gasteiger partial charge in [0, 0.05) is 0 Å². The number of aromatic nitrogens is 4. The summed E-state index contributed by atoms with van der Waals surface area (Å²) in [5.41, 5.74) is 0. The molecule has 0 bridgehead atoms. The van der Waals surface area contributed by atoms with Crippen molar-refractivity contribution in [3.05, 3.63) is 5.82 Å². The minimum absolute atomic E-state index is 0.451. The maximum atomic E-state index is 5.26. The zero-order valence-corrected chi connectivity index (χ0v) is 9.63. The third-order valence-corrected chi connectivity index (χ3v) is 3.09. The van der Waals surface area contributed by atoms with Gasteiger partial charge in [0.25, 0.3) is 0 Å². The second-order valence-electron chi connectivity index (χ2n) is 4.42. The molecule has 16 heavy (non-hydrogen) atoms. The Hall–Kier alpha value is -1.41. The maximum Gasteiger partial charge on any atom is 0.166 e. The molecule has 0 radical (unpaired) electrons. The fraction of sp³-hybridized carbons (Fsp3) is 0.727. The molecule has 2 heterocycles. The zero-order valence-electron chi connectivity index (χ0n) is 9.63. The lowest BCUT2D eigenvalue weighted by molar-refractivity contribution is 0.179. The summed E-state index contributed by atoms with van der Waals surface area (Å²) in [5.74, 6) is 4.27. The molecular formula is C11H17N5. The van der Waals surface area contributed by atoms with Crippen LogP contribution in [0.15, 0.2) is 0 Å². The van der Waals surface area contributed by atoms with Crippen LogP contribution in [0.5, 0.6) is 0 Å². The van der Waals surface area contributed by atoms with Gasteiger partial charge < -0.3 is 0 Å². The van der Waals surface area contributed by atoms with Gasteiger partial charge in [0.15, 0.2) is 5.82 Å². The number of hydrogen-bond donors (Lipinski definition) is 0. The molecule has 86 valence electrons. The highest BCUT2D eigenvalue weighted by molar-refractivity contribution is 4.90. The molecule has 0 aromatic carbocycles. The summed E-state index contributed by atoms with van der Waals surface area (Å²) in [6.07, 6.45) is 7.78. The van der Waals surface area contributed by atoms with Crippen molar-refractivity contribution in [2.75, 3.05) is 13.1 Å². The van der Waals surface area contributed by atoms with E-state index >= 15 is 0 Å². The fourth-order valence-corrected chi connectivity index (χ4v) is 1.97. The van der Waals surface area contributed by atoms with Crippen LogP contribution in [0.4, 0.5) is 0 Å². The lowest BCUT2D eigenvalue weighted by atomic mass is 9.99. The van der Waals surface area contributed by atoms with Crippen molar-refractivity contribution < 1.29 is 0 Å². The Morgan fingerprint density at radius 3 is 2.88 bits per heavy atom. The Morgan fingerprint density at radius 2 is 2.19 bits per heavy atom. The summed E-state index contributed by atoms with van der Waals surface area (Å²) in [5, 5.41) is 11.5. The summed E-state index contributed by atoms with van der Waals surface area (Å²) in [4.78, 5) is 2.39. The summed E-state index contributed by atoms with van der Waals surface area (Å²) in [7, 11) is 0. The number of nitrogens with zero attached hydrogens (tertiary/aromatic N) is 5. The lowest BCUT2D eigenvalue weighted by Gasteiger charge is -2.29. The number of rotatable bonds is 3. The van der Waals surface area contributed by atoms with Crippen LogP contribution in [0.25, 0.3) is 0 Å². The molecule has 0 unspecified atom stereocenters. The summed E-state index contributed by atoms with van der Waals surface area (Å²) < 4.78 is 1.69. The van der Waals surface area contributed by atoms with Crippen molar-refractivity contribution >= 4 is 0 Å². The summed E-state index contributed by atoms with van der Waals surface area (Å²) >= 11 is 0. The molecule has 1 aliphatic heterocycles. The standard InChI is InChI=1S/C11H17N5/c1-3-6-16-11(12-13-14-16)9-15-7-4-10(2)5-8-15/h1,10H,4-9H2,2H3. The molecule has 1 aliphatic rings. The van der Waals surface area contributed by atoms with Crippen LogP contribution in [-0.2, 0) is 13.1 Å². The Labute approximate surface area is 95.8 Å². The van der Waals surface area contributed by atoms with Gasteiger partial charge in [-0.1, -0.05) is 12.8 Å². The molecule has 0 amide bonds. The Balaban J connectivity index is 1.93. The highest BCUT2D eigenvalue weighted by Crippen LogP contribution is 2.17. The average Bonchev–Trinajstić information content (AvgIpc) is 2.70. The number of hydrogen-bond acceptors (Lipinski definition) is 4. The molecule has 0 spiro atoms. The number of likely N-dealkylation sites (tertiary alicyclic amines) is 1.